The van der Waals surface area contributed by atoms with Gasteiger partial charge in [0, 0.05) is 13.2 Å². The fourth-order valence-electron chi connectivity index (χ4n) is 1.45. The Labute approximate surface area is 108 Å². The number of carbonyl (C=O) groups excluding carboxylic acids is 1. The molecule has 1 heterocycles. The first kappa shape index (κ1) is 12.8. The molecule has 0 radical (unpaired) electrons. The number of aromatic nitrogens is 1. The third-order valence-electron chi connectivity index (χ3n) is 2.13. The highest BCUT2D eigenvalue weighted by molar-refractivity contribution is 7.18. The van der Waals surface area contributed by atoms with E-state index in [-0.39, 0.29) is 6.61 Å². The van der Waals surface area contributed by atoms with Crippen LogP contribution in [0.4, 0.5) is 4.79 Å². The van der Waals surface area contributed by atoms with Crippen LogP contribution in [0.2, 0.25) is 0 Å². The van der Waals surface area contributed by atoms with Crippen LogP contribution < -0.4 is 4.74 Å². The summed E-state index contributed by atoms with van der Waals surface area (Å²) >= 11 is 1.55. The van der Waals surface area contributed by atoms with Crippen molar-refractivity contribution >= 4 is 27.7 Å². The van der Waals surface area contributed by atoms with Crippen molar-refractivity contribution in [3.05, 3.63) is 23.2 Å². The number of carbonyl (C=O) groups is 1. The maximum absolute atomic E-state index is 11.2. The standard InChI is InChI=1S/C12H13NO4S/c1-3-16-12(14)17-8-4-5-10-9(6-8)13-11(18-10)7-15-2/h4-6H,3,7H2,1-2H3. The van der Waals surface area contributed by atoms with Crippen LogP contribution in [0, 0.1) is 0 Å². The Hall–Kier alpha value is -1.66. The number of hydrogen-bond acceptors (Lipinski definition) is 6. The number of rotatable bonds is 4. The quantitative estimate of drug-likeness (QED) is 0.629. The fourth-order valence-corrected chi connectivity index (χ4v) is 2.37. The molecule has 0 fully saturated rings. The summed E-state index contributed by atoms with van der Waals surface area (Å²) in [5.74, 6) is 0.426. The molecule has 0 bridgehead atoms. The van der Waals surface area contributed by atoms with Crippen LogP contribution in [0.5, 0.6) is 5.75 Å². The monoisotopic (exact) mass is 267 g/mol. The molecule has 96 valence electrons. The molecular formula is C12H13NO4S. The largest absolute Gasteiger partial charge is 0.513 e. The van der Waals surface area contributed by atoms with Gasteiger partial charge in [-0.25, -0.2) is 9.78 Å². The molecule has 0 aliphatic carbocycles. The zero-order valence-corrected chi connectivity index (χ0v) is 11.0. The molecule has 18 heavy (non-hydrogen) atoms. The van der Waals surface area contributed by atoms with Crippen molar-refractivity contribution in [2.45, 2.75) is 13.5 Å². The lowest BCUT2D eigenvalue weighted by Crippen LogP contribution is -2.09. The first-order valence-corrected chi connectivity index (χ1v) is 6.27. The van der Waals surface area contributed by atoms with Crippen LogP contribution >= 0.6 is 11.3 Å². The molecule has 0 spiro atoms. The molecule has 0 atom stereocenters. The molecule has 0 aliphatic heterocycles. The minimum absolute atomic E-state index is 0.287. The first-order chi connectivity index (χ1) is 8.72. The maximum Gasteiger partial charge on any atom is 0.513 e. The van der Waals surface area contributed by atoms with E-state index in [1.54, 1.807) is 37.5 Å². The van der Waals surface area contributed by atoms with E-state index in [1.165, 1.54) is 0 Å². The number of nitrogens with zero attached hydrogens (tertiary/aromatic N) is 1. The molecule has 0 saturated carbocycles. The normalized spacial score (nSPS) is 10.6. The summed E-state index contributed by atoms with van der Waals surface area (Å²) in [6.07, 6.45) is -0.704. The fraction of sp³-hybridized carbons (Fsp3) is 0.333. The van der Waals surface area contributed by atoms with E-state index in [9.17, 15) is 4.79 Å². The van der Waals surface area contributed by atoms with Crippen LogP contribution in [-0.4, -0.2) is 24.9 Å². The molecule has 0 amide bonds. The van der Waals surface area contributed by atoms with Gasteiger partial charge in [0.25, 0.3) is 0 Å². The number of methoxy groups -OCH3 is 1. The summed E-state index contributed by atoms with van der Waals surface area (Å²) < 4.78 is 15.8. The molecule has 0 unspecified atom stereocenters. The Morgan fingerprint density at radius 2 is 2.28 bits per heavy atom. The molecule has 1 aromatic heterocycles. The zero-order valence-electron chi connectivity index (χ0n) is 10.1. The molecule has 0 saturated heterocycles. The van der Waals surface area contributed by atoms with Gasteiger partial charge < -0.3 is 14.2 Å². The lowest BCUT2D eigenvalue weighted by atomic mass is 10.3. The van der Waals surface area contributed by atoms with Crippen LogP contribution in [0.1, 0.15) is 11.9 Å². The minimum atomic E-state index is -0.704. The molecule has 0 aliphatic rings. The Kier molecular flexibility index (Phi) is 4.11. The van der Waals surface area contributed by atoms with Crippen molar-refractivity contribution in [3.8, 4) is 5.75 Å². The van der Waals surface area contributed by atoms with E-state index < -0.39 is 6.16 Å². The topological polar surface area (TPSA) is 57.7 Å². The highest BCUT2D eigenvalue weighted by Crippen LogP contribution is 2.26. The van der Waals surface area contributed by atoms with E-state index in [0.717, 1.165) is 15.2 Å². The predicted octanol–water partition coefficient (Wildman–Crippen LogP) is 2.98. The Bertz CT molecular complexity index is 552. The summed E-state index contributed by atoms with van der Waals surface area (Å²) in [7, 11) is 1.63. The van der Waals surface area contributed by atoms with Gasteiger partial charge in [0.05, 0.1) is 23.4 Å². The van der Waals surface area contributed by atoms with Crippen molar-refractivity contribution in [1.82, 2.24) is 4.98 Å². The lowest BCUT2D eigenvalue weighted by Gasteiger charge is -2.03. The molecule has 2 rings (SSSR count). The van der Waals surface area contributed by atoms with E-state index in [2.05, 4.69) is 4.98 Å². The minimum Gasteiger partial charge on any atom is -0.434 e. The number of ether oxygens (including phenoxy) is 3. The van der Waals surface area contributed by atoms with Crippen molar-refractivity contribution in [1.29, 1.82) is 0 Å². The molecular weight excluding hydrogens is 254 g/mol. The van der Waals surface area contributed by atoms with Gasteiger partial charge in [-0.15, -0.1) is 11.3 Å². The van der Waals surface area contributed by atoms with Crippen LogP contribution in [0.15, 0.2) is 18.2 Å². The lowest BCUT2D eigenvalue weighted by molar-refractivity contribution is 0.104. The van der Waals surface area contributed by atoms with Crippen molar-refractivity contribution in [2.75, 3.05) is 13.7 Å². The second kappa shape index (κ2) is 5.79. The molecule has 1 aromatic carbocycles. The van der Waals surface area contributed by atoms with Crippen LogP contribution in [0.25, 0.3) is 10.2 Å². The average molecular weight is 267 g/mol. The molecule has 0 N–H and O–H groups in total. The van der Waals surface area contributed by atoms with Gasteiger partial charge in [0.2, 0.25) is 0 Å². The molecule has 6 heteroatoms. The number of fused-ring (bicyclic) bond motifs is 1. The van der Waals surface area contributed by atoms with Gasteiger partial charge in [-0.2, -0.15) is 0 Å². The van der Waals surface area contributed by atoms with Gasteiger partial charge in [0.15, 0.2) is 0 Å². The first-order valence-electron chi connectivity index (χ1n) is 5.46. The summed E-state index contributed by atoms with van der Waals surface area (Å²) in [5.41, 5.74) is 0.786. The van der Waals surface area contributed by atoms with Gasteiger partial charge in [-0.1, -0.05) is 0 Å². The Morgan fingerprint density at radius 3 is 3.00 bits per heavy atom. The molecule has 5 nitrogen and oxygen atoms in total. The molecule has 2 aromatic rings. The highest BCUT2D eigenvalue weighted by Gasteiger charge is 2.08. The average Bonchev–Trinajstić information content (AvgIpc) is 2.71. The van der Waals surface area contributed by atoms with E-state index in [4.69, 9.17) is 14.2 Å². The predicted molar refractivity (Wildman–Crippen MR) is 68.0 cm³/mol. The SMILES string of the molecule is CCOC(=O)Oc1ccc2sc(COC)nc2c1. The summed E-state index contributed by atoms with van der Waals surface area (Å²) in [6.45, 7) is 2.49. The van der Waals surface area contributed by atoms with E-state index in [1.807, 2.05) is 6.07 Å². The zero-order chi connectivity index (χ0) is 13.0. The number of benzene rings is 1. The number of thiazole rings is 1. The summed E-state index contributed by atoms with van der Waals surface area (Å²) in [5, 5.41) is 0.890. The van der Waals surface area contributed by atoms with Crippen molar-refractivity contribution in [3.63, 3.8) is 0 Å². The third-order valence-corrected chi connectivity index (χ3v) is 3.14. The third kappa shape index (κ3) is 2.96. The van der Waals surface area contributed by atoms with E-state index in [0.29, 0.717) is 12.4 Å². The Morgan fingerprint density at radius 1 is 1.44 bits per heavy atom. The van der Waals surface area contributed by atoms with Crippen LogP contribution in [0.3, 0.4) is 0 Å². The van der Waals surface area contributed by atoms with Gasteiger partial charge in [0.1, 0.15) is 10.8 Å². The van der Waals surface area contributed by atoms with Gasteiger partial charge in [-0.3, -0.25) is 0 Å². The maximum atomic E-state index is 11.2. The van der Waals surface area contributed by atoms with E-state index >= 15 is 0 Å². The second-order valence-electron chi connectivity index (χ2n) is 3.46. The van der Waals surface area contributed by atoms with Gasteiger partial charge >= 0.3 is 6.16 Å². The highest BCUT2D eigenvalue weighted by atomic mass is 32.1. The van der Waals surface area contributed by atoms with Crippen LogP contribution in [-0.2, 0) is 16.1 Å². The Balaban J connectivity index is 2.18. The number of hydrogen-bond donors (Lipinski definition) is 0. The van der Waals surface area contributed by atoms with Gasteiger partial charge in [-0.05, 0) is 19.1 Å². The second-order valence-corrected chi connectivity index (χ2v) is 4.57. The smallest absolute Gasteiger partial charge is 0.434 e. The van der Waals surface area contributed by atoms with Crippen molar-refractivity contribution in [2.24, 2.45) is 0 Å². The van der Waals surface area contributed by atoms with Crippen molar-refractivity contribution < 1.29 is 19.0 Å². The summed E-state index contributed by atoms with van der Waals surface area (Å²) in [6, 6.07) is 5.29. The summed E-state index contributed by atoms with van der Waals surface area (Å²) in [4.78, 5) is 15.6.